The molecule has 0 radical (unpaired) electrons. The number of benzene rings is 2. The van der Waals surface area contributed by atoms with Crippen LogP contribution in [0.2, 0.25) is 0 Å². The lowest BCUT2D eigenvalue weighted by atomic mass is 10.2. The lowest BCUT2D eigenvalue weighted by Gasteiger charge is -2.12. The van der Waals surface area contributed by atoms with Gasteiger partial charge in [-0.05, 0) is 36.4 Å². The molecule has 0 spiro atoms. The highest BCUT2D eigenvalue weighted by molar-refractivity contribution is 7.80. The van der Waals surface area contributed by atoms with E-state index >= 15 is 0 Å². The smallest absolute Gasteiger partial charge is 0.141 e. The maximum Gasteiger partial charge on any atom is 0.141 e. The second-order valence-corrected chi connectivity index (χ2v) is 4.44. The van der Waals surface area contributed by atoms with Gasteiger partial charge in [0.25, 0.3) is 0 Å². The zero-order valence-corrected chi connectivity index (χ0v) is 12.1. The summed E-state index contributed by atoms with van der Waals surface area (Å²) in [6, 6.07) is 12.6. The summed E-state index contributed by atoms with van der Waals surface area (Å²) in [5.41, 5.74) is 6.36. The Balaban J connectivity index is 2.32. The Kier molecular flexibility index (Phi) is 4.42. The summed E-state index contributed by atoms with van der Waals surface area (Å²) in [7, 11) is 3.20. The molecule has 0 heterocycles. The molecule has 0 aliphatic carbocycles. The van der Waals surface area contributed by atoms with Gasteiger partial charge in [0.2, 0.25) is 0 Å². The molecule has 5 heteroatoms. The van der Waals surface area contributed by atoms with Crippen LogP contribution in [0.1, 0.15) is 5.56 Å². The van der Waals surface area contributed by atoms with Gasteiger partial charge in [-0.3, -0.25) is 0 Å². The van der Waals surface area contributed by atoms with Crippen molar-refractivity contribution in [1.82, 2.24) is 0 Å². The molecule has 0 saturated carbocycles. The minimum Gasteiger partial charge on any atom is -0.497 e. The molecule has 0 aromatic heterocycles. The molecular formula is C15H15NO3S. The van der Waals surface area contributed by atoms with Crippen molar-refractivity contribution in [2.24, 2.45) is 5.73 Å². The van der Waals surface area contributed by atoms with Crippen LogP contribution in [0.25, 0.3) is 0 Å². The minimum absolute atomic E-state index is 0.274. The maximum atomic E-state index is 5.81. The average molecular weight is 289 g/mol. The van der Waals surface area contributed by atoms with Gasteiger partial charge in [-0.25, -0.2) is 0 Å². The topological polar surface area (TPSA) is 53.7 Å². The Morgan fingerprint density at radius 3 is 2.00 bits per heavy atom. The van der Waals surface area contributed by atoms with Crippen LogP contribution in [0.5, 0.6) is 23.0 Å². The SMILES string of the molecule is COc1ccc(Oc2cc(OC)ccc2C(N)=S)cc1. The molecule has 2 rings (SSSR count). The molecule has 0 amide bonds. The molecule has 2 N–H and O–H groups in total. The zero-order valence-electron chi connectivity index (χ0n) is 11.3. The van der Waals surface area contributed by atoms with Gasteiger partial charge in [-0.15, -0.1) is 0 Å². The molecule has 0 atom stereocenters. The molecule has 2 aromatic carbocycles. The van der Waals surface area contributed by atoms with Crippen molar-refractivity contribution in [3.8, 4) is 23.0 Å². The van der Waals surface area contributed by atoms with E-state index in [4.69, 9.17) is 32.2 Å². The Labute approximate surface area is 123 Å². The van der Waals surface area contributed by atoms with Gasteiger partial charge in [-0.2, -0.15) is 0 Å². The monoisotopic (exact) mass is 289 g/mol. The molecule has 0 fully saturated rings. The normalized spacial score (nSPS) is 9.90. The Hall–Kier alpha value is -2.27. The number of ether oxygens (including phenoxy) is 3. The van der Waals surface area contributed by atoms with E-state index in [1.807, 2.05) is 24.3 Å². The van der Waals surface area contributed by atoms with Crippen molar-refractivity contribution in [3.63, 3.8) is 0 Å². The van der Waals surface area contributed by atoms with E-state index in [0.717, 1.165) is 5.75 Å². The first-order valence-corrected chi connectivity index (χ1v) is 6.34. The number of methoxy groups -OCH3 is 2. The van der Waals surface area contributed by atoms with E-state index in [-0.39, 0.29) is 4.99 Å². The first-order valence-electron chi connectivity index (χ1n) is 5.94. The van der Waals surface area contributed by atoms with Gasteiger partial charge in [-0.1, -0.05) is 12.2 Å². The molecular weight excluding hydrogens is 274 g/mol. The van der Waals surface area contributed by atoms with E-state index in [2.05, 4.69) is 0 Å². The van der Waals surface area contributed by atoms with E-state index < -0.39 is 0 Å². The highest BCUT2D eigenvalue weighted by atomic mass is 32.1. The molecule has 4 nitrogen and oxygen atoms in total. The highest BCUT2D eigenvalue weighted by Gasteiger charge is 2.09. The van der Waals surface area contributed by atoms with E-state index in [9.17, 15) is 0 Å². The molecule has 0 aliphatic heterocycles. The largest absolute Gasteiger partial charge is 0.497 e. The maximum absolute atomic E-state index is 5.81. The van der Waals surface area contributed by atoms with Crippen molar-refractivity contribution in [2.75, 3.05) is 14.2 Å². The summed E-state index contributed by atoms with van der Waals surface area (Å²) in [5, 5.41) is 0. The van der Waals surface area contributed by atoms with Gasteiger partial charge in [0, 0.05) is 6.07 Å². The summed E-state index contributed by atoms with van der Waals surface area (Å²) >= 11 is 5.02. The number of rotatable bonds is 5. The van der Waals surface area contributed by atoms with Crippen LogP contribution in [0, 0.1) is 0 Å². The molecule has 20 heavy (non-hydrogen) atoms. The third kappa shape index (κ3) is 3.19. The van der Waals surface area contributed by atoms with Gasteiger partial charge in [0.05, 0.1) is 19.8 Å². The lowest BCUT2D eigenvalue weighted by molar-refractivity contribution is 0.407. The third-order valence-corrected chi connectivity index (χ3v) is 2.96. The number of hydrogen-bond acceptors (Lipinski definition) is 4. The van der Waals surface area contributed by atoms with Crippen molar-refractivity contribution in [2.45, 2.75) is 0 Å². The standard InChI is InChI=1S/C15H15NO3S/c1-17-10-3-5-11(6-4-10)19-14-9-12(18-2)7-8-13(14)15(16)20/h3-9H,1-2H3,(H2,16,20). The predicted molar refractivity (Wildman–Crippen MR) is 81.9 cm³/mol. The van der Waals surface area contributed by atoms with Crippen molar-refractivity contribution in [1.29, 1.82) is 0 Å². The van der Waals surface area contributed by atoms with E-state index in [0.29, 0.717) is 22.8 Å². The first kappa shape index (κ1) is 14.1. The van der Waals surface area contributed by atoms with Crippen molar-refractivity contribution < 1.29 is 14.2 Å². The molecule has 104 valence electrons. The fourth-order valence-electron chi connectivity index (χ4n) is 1.69. The molecule has 2 aromatic rings. The average Bonchev–Trinajstić information content (AvgIpc) is 2.47. The van der Waals surface area contributed by atoms with Crippen molar-refractivity contribution in [3.05, 3.63) is 48.0 Å². The van der Waals surface area contributed by atoms with Gasteiger partial charge in [0.1, 0.15) is 28.0 Å². The van der Waals surface area contributed by atoms with Crippen LogP contribution in [-0.2, 0) is 0 Å². The van der Waals surface area contributed by atoms with Crippen molar-refractivity contribution >= 4 is 17.2 Å². The van der Waals surface area contributed by atoms with Gasteiger partial charge < -0.3 is 19.9 Å². The minimum atomic E-state index is 0.274. The molecule has 0 bridgehead atoms. The van der Waals surface area contributed by atoms with Crippen LogP contribution < -0.4 is 19.9 Å². The molecule has 0 saturated heterocycles. The molecule has 0 unspecified atom stereocenters. The van der Waals surface area contributed by atoms with Crippen LogP contribution in [0.15, 0.2) is 42.5 Å². The lowest BCUT2D eigenvalue weighted by Crippen LogP contribution is -2.10. The van der Waals surface area contributed by atoms with Crippen LogP contribution >= 0.6 is 12.2 Å². The number of nitrogens with two attached hydrogens (primary N) is 1. The summed E-state index contributed by atoms with van der Waals surface area (Å²) in [5.74, 6) is 2.66. The quantitative estimate of drug-likeness (QED) is 0.857. The van der Waals surface area contributed by atoms with Gasteiger partial charge in [0.15, 0.2) is 0 Å². The summed E-state index contributed by atoms with van der Waals surface area (Å²) in [6.45, 7) is 0. The number of hydrogen-bond donors (Lipinski definition) is 1. The van der Waals surface area contributed by atoms with E-state index in [1.165, 1.54) is 0 Å². The van der Waals surface area contributed by atoms with E-state index in [1.54, 1.807) is 32.4 Å². The fourth-order valence-corrected chi connectivity index (χ4v) is 1.86. The van der Waals surface area contributed by atoms with Crippen LogP contribution in [0.4, 0.5) is 0 Å². The fraction of sp³-hybridized carbons (Fsp3) is 0.133. The Morgan fingerprint density at radius 1 is 0.900 bits per heavy atom. The first-order chi connectivity index (χ1) is 9.63. The highest BCUT2D eigenvalue weighted by Crippen LogP contribution is 2.30. The third-order valence-electron chi connectivity index (χ3n) is 2.74. The summed E-state index contributed by atoms with van der Waals surface area (Å²) < 4.78 is 16.1. The Bertz CT molecular complexity index is 611. The predicted octanol–water partition coefficient (Wildman–Crippen LogP) is 3.13. The number of thiocarbonyl (C=S) groups is 1. The second kappa shape index (κ2) is 6.25. The summed E-state index contributed by atoms with van der Waals surface area (Å²) in [6.07, 6.45) is 0. The van der Waals surface area contributed by atoms with Gasteiger partial charge >= 0.3 is 0 Å². The zero-order chi connectivity index (χ0) is 14.5. The van der Waals surface area contributed by atoms with Crippen LogP contribution in [-0.4, -0.2) is 19.2 Å². The molecule has 0 aliphatic rings. The summed E-state index contributed by atoms with van der Waals surface area (Å²) in [4.78, 5) is 0.274. The Morgan fingerprint density at radius 2 is 1.45 bits per heavy atom. The van der Waals surface area contributed by atoms with Crippen LogP contribution in [0.3, 0.4) is 0 Å². The second-order valence-electron chi connectivity index (χ2n) is 4.00.